The highest BCUT2D eigenvalue weighted by Crippen LogP contribution is 2.30. The summed E-state index contributed by atoms with van der Waals surface area (Å²) in [6.07, 6.45) is 0.557. The van der Waals surface area contributed by atoms with E-state index in [2.05, 4.69) is 25.7 Å². The second kappa shape index (κ2) is 3.52. The van der Waals surface area contributed by atoms with E-state index in [4.69, 9.17) is 5.26 Å². The maximum absolute atomic E-state index is 9.94. The molecule has 0 radical (unpaired) electrons. The van der Waals surface area contributed by atoms with E-state index in [0.717, 1.165) is 13.1 Å². The van der Waals surface area contributed by atoms with Gasteiger partial charge in [0.2, 0.25) is 0 Å². The Morgan fingerprint density at radius 3 is 2.43 bits per heavy atom. The first kappa shape index (κ1) is 11.5. The van der Waals surface area contributed by atoms with Gasteiger partial charge < -0.3 is 5.11 Å². The van der Waals surface area contributed by atoms with Gasteiger partial charge in [0.15, 0.2) is 5.60 Å². The molecule has 2 atom stereocenters. The summed E-state index contributed by atoms with van der Waals surface area (Å²) >= 11 is 0. The predicted octanol–water partition coefficient (Wildman–Crippen LogP) is 1.38. The van der Waals surface area contributed by atoms with Gasteiger partial charge in [-0.25, -0.2) is 0 Å². The van der Waals surface area contributed by atoms with Gasteiger partial charge in [0.1, 0.15) is 0 Å². The lowest BCUT2D eigenvalue weighted by Gasteiger charge is -2.45. The monoisotopic (exact) mass is 196 g/mol. The van der Waals surface area contributed by atoms with Crippen molar-refractivity contribution in [2.45, 2.75) is 45.3 Å². The van der Waals surface area contributed by atoms with Gasteiger partial charge in [0.05, 0.1) is 6.07 Å². The number of likely N-dealkylation sites (tertiary alicyclic amines) is 1. The van der Waals surface area contributed by atoms with Crippen LogP contribution >= 0.6 is 0 Å². The van der Waals surface area contributed by atoms with Crippen LogP contribution in [0, 0.1) is 17.2 Å². The van der Waals surface area contributed by atoms with Crippen LogP contribution in [0.25, 0.3) is 0 Å². The second-order valence-corrected chi connectivity index (χ2v) is 5.30. The molecule has 0 amide bonds. The first-order valence-corrected chi connectivity index (χ1v) is 5.18. The number of aliphatic hydroxyl groups is 1. The number of rotatable bonds is 0. The summed E-state index contributed by atoms with van der Waals surface area (Å²) in [4.78, 5) is 2.32. The Bertz CT molecular complexity index is 251. The smallest absolute Gasteiger partial charge is 0.156 e. The zero-order valence-electron chi connectivity index (χ0n) is 9.54. The van der Waals surface area contributed by atoms with Gasteiger partial charge >= 0.3 is 0 Å². The number of nitriles is 1. The van der Waals surface area contributed by atoms with Crippen LogP contribution < -0.4 is 0 Å². The second-order valence-electron chi connectivity index (χ2n) is 5.30. The van der Waals surface area contributed by atoms with E-state index in [9.17, 15) is 5.11 Å². The molecule has 1 heterocycles. The van der Waals surface area contributed by atoms with Crippen LogP contribution in [0.3, 0.4) is 0 Å². The molecule has 0 aromatic heterocycles. The third-order valence-corrected chi connectivity index (χ3v) is 3.21. The summed E-state index contributed by atoms with van der Waals surface area (Å²) in [6, 6.07) is 2.03. The zero-order chi connectivity index (χ0) is 11.0. The van der Waals surface area contributed by atoms with Gasteiger partial charge in [-0.15, -0.1) is 0 Å². The van der Waals surface area contributed by atoms with Gasteiger partial charge in [0, 0.05) is 31.0 Å². The van der Waals surface area contributed by atoms with E-state index in [1.165, 1.54) is 0 Å². The van der Waals surface area contributed by atoms with Crippen LogP contribution in [0.1, 0.15) is 34.1 Å². The Morgan fingerprint density at radius 2 is 2.07 bits per heavy atom. The Balaban J connectivity index is 2.70. The van der Waals surface area contributed by atoms with Gasteiger partial charge in [0.25, 0.3) is 0 Å². The largest absolute Gasteiger partial charge is 0.375 e. The van der Waals surface area contributed by atoms with E-state index in [1.807, 2.05) is 13.0 Å². The fraction of sp³-hybridized carbons (Fsp3) is 0.909. The van der Waals surface area contributed by atoms with E-state index in [0.29, 0.717) is 6.42 Å². The molecule has 14 heavy (non-hydrogen) atoms. The fourth-order valence-electron chi connectivity index (χ4n) is 1.90. The number of hydrogen-bond donors (Lipinski definition) is 1. The molecular formula is C11H20N2O. The van der Waals surface area contributed by atoms with Crippen LogP contribution in [0.2, 0.25) is 0 Å². The molecule has 1 aliphatic heterocycles. The van der Waals surface area contributed by atoms with Gasteiger partial charge in [-0.1, -0.05) is 6.92 Å². The lowest BCUT2D eigenvalue weighted by Crippen LogP contribution is -2.55. The summed E-state index contributed by atoms with van der Waals surface area (Å²) in [5.74, 6) is 0.0282. The molecule has 0 aliphatic carbocycles. The van der Waals surface area contributed by atoms with E-state index >= 15 is 0 Å². The van der Waals surface area contributed by atoms with Crippen molar-refractivity contribution in [3.05, 3.63) is 0 Å². The molecule has 0 unspecified atom stereocenters. The minimum absolute atomic E-state index is 0.0282. The summed E-state index contributed by atoms with van der Waals surface area (Å²) in [5.41, 5.74) is -0.979. The van der Waals surface area contributed by atoms with Crippen molar-refractivity contribution in [1.82, 2.24) is 4.90 Å². The van der Waals surface area contributed by atoms with Crippen LogP contribution in [0.4, 0.5) is 0 Å². The molecule has 80 valence electrons. The quantitative estimate of drug-likeness (QED) is 0.595. The standard InChI is InChI=1S/C11H20N2O/c1-9-7-13(10(2,3)4)6-5-11(9,14)8-12/h9,14H,5-7H2,1-4H3/t9-,11+/m0/s1. The first-order valence-electron chi connectivity index (χ1n) is 5.18. The predicted molar refractivity (Wildman–Crippen MR) is 55.7 cm³/mol. The van der Waals surface area contributed by atoms with Gasteiger partial charge in [-0.2, -0.15) is 5.26 Å². The van der Waals surface area contributed by atoms with Crippen molar-refractivity contribution in [3.8, 4) is 6.07 Å². The Hall–Kier alpha value is -0.590. The van der Waals surface area contributed by atoms with E-state index < -0.39 is 5.60 Å². The summed E-state index contributed by atoms with van der Waals surface area (Å²) in [6.45, 7) is 10.0. The van der Waals surface area contributed by atoms with Crippen molar-refractivity contribution in [3.63, 3.8) is 0 Å². The van der Waals surface area contributed by atoms with E-state index in [1.54, 1.807) is 0 Å². The molecule has 1 saturated heterocycles. The van der Waals surface area contributed by atoms with Crippen LogP contribution in [0.15, 0.2) is 0 Å². The van der Waals surface area contributed by atoms with Gasteiger partial charge in [-0.05, 0) is 20.8 Å². The number of nitrogens with zero attached hydrogens (tertiary/aromatic N) is 2. The molecule has 1 rings (SSSR count). The summed E-state index contributed by atoms with van der Waals surface area (Å²) in [7, 11) is 0. The molecule has 0 spiro atoms. The maximum atomic E-state index is 9.94. The minimum Gasteiger partial charge on any atom is -0.375 e. The van der Waals surface area contributed by atoms with Crippen LogP contribution in [-0.2, 0) is 0 Å². The molecule has 1 aliphatic rings. The molecule has 1 N–H and O–H groups in total. The highest BCUT2D eigenvalue weighted by molar-refractivity contribution is 5.07. The third-order valence-electron chi connectivity index (χ3n) is 3.21. The van der Waals surface area contributed by atoms with Gasteiger partial charge in [-0.3, -0.25) is 4.90 Å². The zero-order valence-corrected chi connectivity index (χ0v) is 9.54. The van der Waals surface area contributed by atoms with Crippen LogP contribution in [-0.4, -0.2) is 34.2 Å². The van der Waals surface area contributed by atoms with Crippen molar-refractivity contribution in [2.24, 2.45) is 5.92 Å². The molecule has 0 aromatic rings. The Morgan fingerprint density at radius 1 is 1.50 bits per heavy atom. The van der Waals surface area contributed by atoms with E-state index in [-0.39, 0.29) is 11.5 Å². The topological polar surface area (TPSA) is 47.3 Å². The normalized spacial score (nSPS) is 35.3. The Kier molecular flexibility index (Phi) is 2.89. The molecule has 3 nitrogen and oxygen atoms in total. The molecule has 1 fully saturated rings. The average Bonchev–Trinajstić information content (AvgIpc) is 2.08. The number of hydrogen-bond acceptors (Lipinski definition) is 3. The van der Waals surface area contributed by atoms with Crippen molar-refractivity contribution in [2.75, 3.05) is 13.1 Å². The highest BCUT2D eigenvalue weighted by atomic mass is 16.3. The SMILES string of the molecule is C[C@H]1CN(C(C)(C)C)CC[C@@]1(O)C#N. The molecular weight excluding hydrogens is 176 g/mol. The minimum atomic E-state index is -1.11. The summed E-state index contributed by atoms with van der Waals surface area (Å²) < 4.78 is 0. The van der Waals surface area contributed by atoms with Crippen molar-refractivity contribution < 1.29 is 5.11 Å². The van der Waals surface area contributed by atoms with Crippen molar-refractivity contribution >= 4 is 0 Å². The molecule has 0 aromatic carbocycles. The molecule has 0 bridgehead atoms. The summed E-state index contributed by atoms with van der Waals surface area (Å²) in [5, 5.41) is 18.8. The lowest BCUT2D eigenvalue weighted by atomic mass is 9.82. The lowest BCUT2D eigenvalue weighted by molar-refractivity contribution is -0.0454. The Labute approximate surface area is 86.3 Å². The highest BCUT2D eigenvalue weighted by Gasteiger charge is 2.41. The first-order chi connectivity index (χ1) is 6.29. The fourth-order valence-corrected chi connectivity index (χ4v) is 1.90. The molecule has 3 heteroatoms. The third kappa shape index (κ3) is 2.08. The number of piperidine rings is 1. The van der Waals surface area contributed by atoms with Crippen LogP contribution in [0.5, 0.6) is 0 Å². The van der Waals surface area contributed by atoms with Crippen molar-refractivity contribution in [1.29, 1.82) is 5.26 Å². The maximum Gasteiger partial charge on any atom is 0.156 e. The average molecular weight is 196 g/mol. The molecule has 0 saturated carbocycles.